The molecule has 0 bridgehead atoms. The fourth-order valence-electron chi connectivity index (χ4n) is 2.65. The van der Waals surface area contributed by atoms with Gasteiger partial charge in [0, 0.05) is 24.2 Å². The average Bonchev–Trinajstić information content (AvgIpc) is 3.08. The van der Waals surface area contributed by atoms with Gasteiger partial charge in [0.2, 0.25) is 0 Å². The highest BCUT2D eigenvalue weighted by Gasteiger charge is 2.17. The maximum atomic E-state index is 12.7. The summed E-state index contributed by atoms with van der Waals surface area (Å²) >= 11 is 0. The average molecular weight is 415 g/mol. The van der Waals surface area contributed by atoms with E-state index in [-0.39, 0.29) is 24.4 Å². The second-order valence-electron chi connectivity index (χ2n) is 6.37. The minimum atomic E-state index is -2.61. The Morgan fingerprint density at radius 2 is 1.71 bits per heavy atom. The first-order valence-corrected chi connectivity index (χ1v) is 11.0. The van der Waals surface area contributed by atoms with Gasteiger partial charge in [0.15, 0.2) is 11.2 Å². The molecule has 1 unspecified atom stereocenters. The van der Waals surface area contributed by atoms with Crippen LogP contribution in [0.2, 0.25) is 0 Å². The van der Waals surface area contributed by atoms with Gasteiger partial charge < -0.3 is 4.57 Å². The predicted molar refractivity (Wildman–Crippen MR) is 110 cm³/mol. The number of imidazole rings is 1. The van der Waals surface area contributed by atoms with Crippen molar-refractivity contribution >= 4 is 19.4 Å². The number of aryl methyl sites for hydroxylation is 2. The van der Waals surface area contributed by atoms with Crippen LogP contribution in [0.3, 0.4) is 0 Å². The van der Waals surface area contributed by atoms with Crippen molar-refractivity contribution in [1.82, 2.24) is 18.7 Å². The van der Waals surface area contributed by atoms with Gasteiger partial charge in [0.05, 0.1) is 6.33 Å². The number of rotatable bonds is 10. The number of aromatic nitrogens is 4. The van der Waals surface area contributed by atoms with Crippen LogP contribution in [0.4, 0.5) is 0 Å². The van der Waals surface area contributed by atoms with Crippen LogP contribution in [-0.2, 0) is 28.7 Å². The van der Waals surface area contributed by atoms with Gasteiger partial charge in [-0.3, -0.25) is 13.9 Å². The van der Waals surface area contributed by atoms with Gasteiger partial charge in [-0.25, -0.2) is 9.78 Å². The first kappa shape index (κ1) is 24.2. The van der Waals surface area contributed by atoms with Crippen LogP contribution in [0, 0.1) is 0 Å². The van der Waals surface area contributed by atoms with E-state index in [0.717, 1.165) is 6.42 Å². The summed E-state index contributed by atoms with van der Waals surface area (Å²) in [6.45, 7) is 9.62. The molecule has 0 fully saturated rings. The topological polar surface area (TPSA) is 108 Å². The second-order valence-corrected chi connectivity index (χ2v) is 7.11. The minimum Gasteiger partial charge on any atom is -0.325 e. The Labute approximate surface area is 165 Å². The molecule has 1 N–H and O–H groups in total. The number of unbranched alkanes of at least 4 members (excludes halogenated alkanes) is 2. The van der Waals surface area contributed by atoms with Crippen molar-refractivity contribution in [1.29, 1.82) is 0 Å². The second kappa shape index (κ2) is 12.6. The van der Waals surface area contributed by atoms with Gasteiger partial charge in [0.1, 0.15) is 6.61 Å². The van der Waals surface area contributed by atoms with Crippen molar-refractivity contribution in [3.63, 3.8) is 0 Å². The quantitative estimate of drug-likeness (QED) is 0.472. The molecule has 0 spiro atoms. The van der Waals surface area contributed by atoms with Crippen molar-refractivity contribution in [2.75, 3.05) is 6.61 Å². The summed E-state index contributed by atoms with van der Waals surface area (Å²) in [5, 5.41) is 0. The zero-order valence-electron chi connectivity index (χ0n) is 17.3. The maximum Gasteiger partial charge on any atom is 0.694 e. The Morgan fingerprint density at radius 3 is 2.25 bits per heavy atom. The Balaban J connectivity index is 0.000000892. The van der Waals surface area contributed by atoms with E-state index in [9.17, 15) is 14.2 Å². The van der Waals surface area contributed by atoms with Gasteiger partial charge in [-0.2, -0.15) is 0 Å². The van der Waals surface area contributed by atoms with Gasteiger partial charge >= 0.3 is 13.9 Å². The maximum absolute atomic E-state index is 12.7. The van der Waals surface area contributed by atoms with E-state index in [0.29, 0.717) is 37.1 Å². The predicted octanol–water partition coefficient (Wildman–Crippen LogP) is 3.04. The molecule has 0 radical (unpaired) electrons. The molecule has 0 aromatic carbocycles. The van der Waals surface area contributed by atoms with Crippen LogP contribution in [0.25, 0.3) is 11.2 Å². The lowest BCUT2D eigenvalue weighted by molar-refractivity contribution is 0.272. The Kier molecular flexibility index (Phi) is 10.9. The highest BCUT2D eigenvalue weighted by Crippen LogP contribution is 2.14. The third-order valence-corrected chi connectivity index (χ3v) is 4.65. The normalized spacial score (nSPS) is 11.4. The molecular weight excluding hydrogens is 383 g/mol. The molecule has 0 aliphatic carbocycles. The molecule has 9 nitrogen and oxygen atoms in total. The SMILES string of the molecule is CCCC.CCCn1cnc2c1c(=O)n(CCCCO[P+](=O)O)c(=O)n2CC. The summed E-state index contributed by atoms with van der Waals surface area (Å²) < 4.78 is 19.5. The van der Waals surface area contributed by atoms with E-state index in [2.05, 4.69) is 23.4 Å². The molecule has 10 heteroatoms. The zero-order valence-corrected chi connectivity index (χ0v) is 18.2. The zero-order chi connectivity index (χ0) is 21.1. The summed E-state index contributed by atoms with van der Waals surface area (Å²) in [7, 11) is -2.61. The summed E-state index contributed by atoms with van der Waals surface area (Å²) in [5.41, 5.74) is 0.122. The van der Waals surface area contributed by atoms with Crippen LogP contribution in [0.1, 0.15) is 59.8 Å². The van der Waals surface area contributed by atoms with Crippen molar-refractivity contribution in [3.05, 3.63) is 27.2 Å². The van der Waals surface area contributed by atoms with Gasteiger partial charge in [-0.1, -0.05) is 33.6 Å². The highest BCUT2D eigenvalue weighted by molar-refractivity contribution is 7.32. The lowest BCUT2D eigenvalue weighted by Crippen LogP contribution is -2.40. The van der Waals surface area contributed by atoms with E-state index in [1.807, 2.05) is 13.8 Å². The third-order valence-electron chi connectivity index (χ3n) is 4.24. The third kappa shape index (κ3) is 6.36. The molecule has 1 atom stereocenters. The van der Waals surface area contributed by atoms with E-state index in [1.165, 1.54) is 22.0 Å². The lowest BCUT2D eigenvalue weighted by Gasteiger charge is -2.10. The van der Waals surface area contributed by atoms with Crippen molar-refractivity contribution < 1.29 is 14.0 Å². The summed E-state index contributed by atoms with van der Waals surface area (Å²) in [6.07, 6.45) is 6.06. The first-order chi connectivity index (χ1) is 13.4. The van der Waals surface area contributed by atoms with Crippen LogP contribution >= 0.6 is 8.25 Å². The molecule has 0 saturated carbocycles. The van der Waals surface area contributed by atoms with Gasteiger partial charge in [-0.05, 0) is 26.2 Å². The Morgan fingerprint density at radius 1 is 1.04 bits per heavy atom. The molecule has 0 aliphatic heterocycles. The fraction of sp³-hybridized carbons (Fsp3) is 0.722. The largest absolute Gasteiger partial charge is 0.694 e. The molecule has 2 rings (SSSR count). The Bertz CT molecular complexity index is 869. The van der Waals surface area contributed by atoms with Crippen LogP contribution in [-0.4, -0.2) is 30.2 Å². The van der Waals surface area contributed by atoms with Crippen molar-refractivity contribution in [2.24, 2.45) is 0 Å². The molecule has 2 aromatic rings. The highest BCUT2D eigenvalue weighted by atomic mass is 31.1. The molecule has 0 amide bonds. The fourth-order valence-corrected chi connectivity index (χ4v) is 2.93. The number of nitrogens with zero attached hydrogens (tertiary/aromatic N) is 4. The molecule has 0 saturated heterocycles. The van der Waals surface area contributed by atoms with E-state index >= 15 is 0 Å². The van der Waals surface area contributed by atoms with Crippen molar-refractivity contribution in [3.8, 4) is 0 Å². The van der Waals surface area contributed by atoms with Gasteiger partial charge in [0.25, 0.3) is 5.56 Å². The smallest absolute Gasteiger partial charge is 0.325 e. The van der Waals surface area contributed by atoms with Crippen LogP contribution in [0.15, 0.2) is 15.9 Å². The molecule has 0 aliphatic rings. The van der Waals surface area contributed by atoms with E-state index < -0.39 is 8.25 Å². The summed E-state index contributed by atoms with van der Waals surface area (Å²) in [6, 6.07) is 0. The lowest BCUT2D eigenvalue weighted by atomic mass is 10.3. The van der Waals surface area contributed by atoms with E-state index in [4.69, 9.17) is 4.89 Å². The van der Waals surface area contributed by atoms with Gasteiger partial charge in [-0.15, -0.1) is 9.42 Å². The Hall–Kier alpha value is -1.83. The number of hydrogen-bond donors (Lipinski definition) is 1. The minimum absolute atomic E-state index is 0.110. The summed E-state index contributed by atoms with van der Waals surface area (Å²) in [5.74, 6) is 0. The number of hydrogen-bond acceptors (Lipinski definition) is 5. The monoisotopic (exact) mass is 415 g/mol. The standard InChI is InChI=1S/C14H21N4O5P.C4H10/c1-3-7-16-10-15-12-11(16)13(19)18(14(20)17(12)4-2)8-5-6-9-23-24(21)22;1-3-4-2/h10H,3-9H2,1-2H3;3-4H2,1-2H3/p+1. The van der Waals surface area contributed by atoms with Crippen LogP contribution < -0.4 is 11.2 Å². The first-order valence-electron chi connectivity index (χ1n) is 9.90. The molecule has 2 heterocycles. The molecular formula is C18H32N4O5P+. The van der Waals surface area contributed by atoms with E-state index in [1.54, 1.807) is 10.9 Å². The van der Waals surface area contributed by atoms with Crippen LogP contribution in [0.5, 0.6) is 0 Å². The summed E-state index contributed by atoms with van der Waals surface area (Å²) in [4.78, 5) is 38.1. The molecule has 28 heavy (non-hydrogen) atoms. The molecule has 2 aromatic heterocycles. The van der Waals surface area contributed by atoms with Crippen molar-refractivity contribution in [2.45, 2.75) is 79.4 Å². The molecule has 158 valence electrons. The number of fused-ring (bicyclic) bond motifs is 1.